The first-order chi connectivity index (χ1) is 16.6. The summed E-state index contributed by atoms with van der Waals surface area (Å²) in [7, 11) is 0. The van der Waals surface area contributed by atoms with Crippen molar-refractivity contribution in [2.45, 2.75) is 13.5 Å². The van der Waals surface area contributed by atoms with Crippen molar-refractivity contribution >= 4 is 28.8 Å². The first-order valence-corrected chi connectivity index (χ1v) is 11.6. The lowest BCUT2D eigenvalue weighted by Crippen LogP contribution is -2.24. The molecule has 0 saturated carbocycles. The Morgan fingerprint density at radius 2 is 1.76 bits per heavy atom. The Bertz CT molecular complexity index is 1260. The predicted molar refractivity (Wildman–Crippen MR) is 132 cm³/mol. The highest BCUT2D eigenvalue weighted by Crippen LogP contribution is 2.23. The number of carbonyl (C=O) groups excluding carboxylic acids is 2. The number of carbonyl (C=O) groups is 2. The van der Waals surface area contributed by atoms with Crippen LogP contribution in [0.2, 0.25) is 0 Å². The van der Waals surface area contributed by atoms with Crippen LogP contribution in [0.25, 0.3) is 0 Å². The first-order valence-electron chi connectivity index (χ1n) is 10.7. The van der Waals surface area contributed by atoms with Gasteiger partial charge in [-0.2, -0.15) is 11.3 Å². The van der Waals surface area contributed by atoms with Crippen LogP contribution in [0, 0.1) is 0 Å². The molecule has 0 atom stereocenters. The lowest BCUT2D eigenvalue weighted by Gasteiger charge is -2.12. The van der Waals surface area contributed by atoms with Gasteiger partial charge in [-0.05, 0) is 66.4 Å². The molecule has 0 radical (unpaired) electrons. The van der Waals surface area contributed by atoms with Gasteiger partial charge in [0.1, 0.15) is 11.5 Å². The molecule has 2 heterocycles. The second-order valence-corrected chi connectivity index (χ2v) is 7.98. The summed E-state index contributed by atoms with van der Waals surface area (Å²) in [5, 5.41) is 9.28. The molecule has 34 heavy (non-hydrogen) atoms. The first kappa shape index (κ1) is 23.0. The average Bonchev–Trinajstić information content (AvgIpc) is 3.40. The van der Waals surface area contributed by atoms with Crippen LogP contribution in [0.3, 0.4) is 0 Å². The summed E-state index contributed by atoms with van der Waals surface area (Å²) >= 11 is 1.44. The number of thiophene rings is 1. The van der Waals surface area contributed by atoms with Crippen molar-refractivity contribution < 1.29 is 19.1 Å². The number of hydrogen-bond acceptors (Lipinski definition) is 6. The van der Waals surface area contributed by atoms with Gasteiger partial charge in [0.25, 0.3) is 11.8 Å². The van der Waals surface area contributed by atoms with Gasteiger partial charge in [-0.15, -0.1) is 0 Å². The minimum atomic E-state index is -0.299. The molecule has 0 unspecified atom stereocenters. The fourth-order valence-corrected chi connectivity index (χ4v) is 3.80. The molecule has 0 aliphatic rings. The molecule has 0 spiro atoms. The summed E-state index contributed by atoms with van der Waals surface area (Å²) in [6.45, 7) is 2.80. The third kappa shape index (κ3) is 5.99. The Kier molecular flexibility index (Phi) is 7.52. The summed E-state index contributed by atoms with van der Waals surface area (Å²) in [5.74, 6) is 1.26. The van der Waals surface area contributed by atoms with E-state index in [1.165, 1.54) is 11.3 Å². The fourth-order valence-electron chi connectivity index (χ4n) is 3.16. The lowest BCUT2D eigenvalue weighted by atomic mass is 10.1. The molecular formula is C26H23N3O4S. The molecule has 172 valence electrons. The van der Waals surface area contributed by atoms with E-state index in [1.54, 1.807) is 54.0 Å². The second kappa shape index (κ2) is 11.1. The molecule has 0 bridgehead atoms. The molecule has 0 aliphatic carbocycles. The van der Waals surface area contributed by atoms with Gasteiger partial charge in [0.05, 0.1) is 23.4 Å². The molecule has 2 amide bonds. The summed E-state index contributed by atoms with van der Waals surface area (Å²) < 4.78 is 11.3. The fraction of sp³-hybridized carbons (Fsp3) is 0.115. The number of benzene rings is 2. The van der Waals surface area contributed by atoms with Crippen LogP contribution in [0.4, 0.5) is 5.69 Å². The van der Waals surface area contributed by atoms with Crippen LogP contribution in [-0.4, -0.2) is 23.4 Å². The van der Waals surface area contributed by atoms with Crippen molar-refractivity contribution in [2.75, 3.05) is 11.9 Å². The average molecular weight is 474 g/mol. The Morgan fingerprint density at radius 1 is 0.971 bits per heavy atom. The molecule has 4 rings (SSSR count). The van der Waals surface area contributed by atoms with Gasteiger partial charge in [-0.3, -0.25) is 9.59 Å². The smallest absolute Gasteiger partial charge is 0.256 e. The van der Waals surface area contributed by atoms with Gasteiger partial charge in [0, 0.05) is 24.2 Å². The third-order valence-corrected chi connectivity index (χ3v) is 5.50. The van der Waals surface area contributed by atoms with Crippen molar-refractivity contribution in [2.24, 2.45) is 0 Å². The number of ether oxygens (including phenoxy) is 2. The Labute approximate surface area is 201 Å². The van der Waals surface area contributed by atoms with Crippen LogP contribution in [0.5, 0.6) is 17.4 Å². The number of amides is 2. The molecule has 0 fully saturated rings. The summed E-state index contributed by atoms with van der Waals surface area (Å²) in [6.07, 6.45) is 1.63. The second-order valence-electron chi connectivity index (χ2n) is 7.20. The third-order valence-electron chi connectivity index (χ3n) is 4.81. The Hall–Kier alpha value is -4.17. The number of aromatic nitrogens is 1. The summed E-state index contributed by atoms with van der Waals surface area (Å²) in [6, 6.07) is 19.5. The van der Waals surface area contributed by atoms with Crippen LogP contribution >= 0.6 is 11.3 Å². The molecule has 8 heteroatoms. The Balaban J connectivity index is 1.38. The van der Waals surface area contributed by atoms with E-state index in [1.807, 2.05) is 36.6 Å². The highest BCUT2D eigenvalue weighted by molar-refractivity contribution is 7.08. The lowest BCUT2D eigenvalue weighted by molar-refractivity contribution is 0.0951. The molecule has 2 N–H and O–H groups in total. The number of hydrogen-bond donors (Lipinski definition) is 2. The largest absolute Gasteiger partial charge is 0.494 e. The topological polar surface area (TPSA) is 89.5 Å². The summed E-state index contributed by atoms with van der Waals surface area (Å²) in [4.78, 5) is 29.5. The van der Waals surface area contributed by atoms with E-state index in [-0.39, 0.29) is 18.4 Å². The quantitative estimate of drug-likeness (QED) is 0.334. The maximum Gasteiger partial charge on any atom is 0.256 e. The van der Waals surface area contributed by atoms with E-state index in [9.17, 15) is 9.59 Å². The van der Waals surface area contributed by atoms with E-state index < -0.39 is 0 Å². The molecule has 0 aliphatic heterocycles. The van der Waals surface area contributed by atoms with Gasteiger partial charge in [0.2, 0.25) is 5.88 Å². The highest BCUT2D eigenvalue weighted by Gasteiger charge is 2.14. The molecular weight excluding hydrogens is 450 g/mol. The van der Waals surface area contributed by atoms with Crippen molar-refractivity contribution in [3.63, 3.8) is 0 Å². The van der Waals surface area contributed by atoms with Gasteiger partial charge in [-0.25, -0.2) is 4.98 Å². The van der Waals surface area contributed by atoms with Crippen molar-refractivity contribution in [1.82, 2.24) is 10.3 Å². The minimum absolute atomic E-state index is 0.258. The van der Waals surface area contributed by atoms with Gasteiger partial charge < -0.3 is 20.1 Å². The SMILES string of the molecule is CCOc1ccc(Oc2cc(CNC(=O)c3ccccc3NC(=O)c3ccsc3)ccn2)cc1. The Morgan fingerprint density at radius 3 is 2.53 bits per heavy atom. The van der Waals surface area contributed by atoms with E-state index in [4.69, 9.17) is 9.47 Å². The molecule has 7 nitrogen and oxygen atoms in total. The monoisotopic (exact) mass is 473 g/mol. The molecule has 2 aromatic heterocycles. The van der Waals surface area contributed by atoms with E-state index in [0.717, 1.165) is 11.3 Å². The minimum Gasteiger partial charge on any atom is -0.494 e. The normalized spacial score (nSPS) is 10.4. The standard InChI is InChI=1S/C26H23N3O4S/c1-2-32-20-7-9-21(10-8-20)33-24-15-18(11-13-27-24)16-28-26(31)22-5-3-4-6-23(22)29-25(30)19-12-14-34-17-19/h3-15,17H,2,16H2,1H3,(H,28,31)(H,29,30). The van der Waals surface area contributed by atoms with Gasteiger partial charge >= 0.3 is 0 Å². The van der Waals surface area contributed by atoms with Gasteiger partial charge in [-0.1, -0.05) is 12.1 Å². The predicted octanol–water partition coefficient (Wildman–Crippen LogP) is 5.52. The maximum absolute atomic E-state index is 12.8. The zero-order chi connectivity index (χ0) is 23.8. The molecule has 2 aromatic carbocycles. The number of para-hydroxylation sites is 1. The molecule has 4 aromatic rings. The van der Waals surface area contributed by atoms with Crippen LogP contribution in [0.1, 0.15) is 33.2 Å². The molecule has 0 saturated heterocycles. The summed E-state index contributed by atoms with van der Waals surface area (Å²) in [5.41, 5.74) is 2.21. The van der Waals surface area contributed by atoms with E-state index in [2.05, 4.69) is 15.6 Å². The van der Waals surface area contributed by atoms with Crippen LogP contribution < -0.4 is 20.1 Å². The van der Waals surface area contributed by atoms with Crippen LogP contribution in [0.15, 0.2) is 83.7 Å². The van der Waals surface area contributed by atoms with E-state index >= 15 is 0 Å². The van der Waals surface area contributed by atoms with Crippen LogP contribution in [-0.2, 0) is 6.54 Å². The number of nitrogens with zero attached hydrogens (tertiary/aromatic N) is 1. The van der Waals surface area contributed by atoms with Gasteiger partial charge in [0.15, 0.2) is 0 Å². The number of pyridine rings is 1. The number of nitrogens with one attached hydrogen (secondary N) is 2. The van der Waals surface area contributed by atoms with Crippen molar-refractivity contribution in [3.05, 3.63) is 100 Å². The number of anilines is 1. The van der Waals surface area contributed by atoms with Crippen molar-refractivity contribution in [1.29, 1.82) is 0 Å². The van der Waals surface area contributed by atoms with E-state index in [0.29, 0.717) is 35.1 Å². The zero-order valence-electron chi connectivity index (χ0n) is 18.5. The zero-order valence-corrected chi connectivity index (χ0v) is 19.3. The number of rotatable bonds is 9. The van der Waals surface area contributed by atoms with Crippen molar-refractivity contribution in [3.8, 4) is 17.4 Å². The highest BCUT2D eigenvalue weighted by atomic mass is 32.1. The maximum atomic E-state index is 12.8.